The van der Waals surface area contributed by atoms with Crippen LogP contribution in [0, 0.1) is 13.8 Å². The molecular formula is C18H24N4O. The lowest BCUT2D eigenvalue weighted by Gasteiger charge is -2.10. The van der Waals surface area contributed by atoms with Gasteiger partial charge in [-0.05, 0) is 31.9 Å². The second-order valence-electron chi connectivity index (χ2n) is 5.69. The molecule has 0 spiro atoms. The fourth-order valence-corrected chi connectivity index (χ4v) is 2.31. The summed E-state index contributed by atoms with van der Waals surface area (Å²) in [5.74, 6) is 0.456. The number of nitrogens with zero attached hydrogens (tertiary/aromatic N) is 2. The van der Waals surface area contributed by atoms with Crippen molar-refractivity contribution in [2.45, 2.75) is 40.0 Å². The quantitative estimate of drug-likeness (QED) is 0.764. The molecule has 0 radical (unpaired) electrons. The topological polar surface area (TPSA) is 66.9 Å². The summed E-state index contributed by atoms with van der Waals surface area (Å²) in [6, 6.07) is 7.83. The normalized spacial score (nSPS) is 10.4. The van der Waals surface area contributed by atoms with Crippen molar-refractivity contribution in [1.82, 2.24) is 15.3 Å². The molecule has 23 heavy (non-hydrogen) atoms. The molecule has 0 atom stereocenters. The summed E-state index contributed by atoms with van der Waals surface area (Å²) >= 11 is 0. The van der Waals surface area contributed by atoms with Crippen LogP contribution >= 0.6 is 0 Å². The lowest BCUT2D eigenvalue weighted by atomic mass is 10.1. The van der Waals surface area contributed by atoms with Crippen LogP contribution in [0.4, 0.5) is 11.5 Å². The first-order valence-electron chi connectivity index (χ1n) is 8.04. The second kappa shape index (κ2) is 8.27. The van der Waals surface area contributed by atoms with Crippen LogP contribution in [0.3, 0.4) is 0 Å². The van der Waals surface area contributed by atoms with Gasteiger partial charge in [0, 0.05) is 18.3 Å². The third kappa shape index (κ3) is 5.06. The van der Waals surface area contributed by atoms with E-state index in [1.807, 2.05) is 19.1 Å². The van der Waals surface area contributed by atoms with E-state index in [0.717, 1.165) is 30.5 Å². The lowest BCUT2D eigenvalue weighted by Crippen LogP contribution is -2.25. The molecule has 1 heterocycles. The van der Waals surface area contributed by atoms with Gasteiger partial charge >= 0.3 is 0 Å². The first-order chi connectivity index (χ1) is 11.1. The molecule has 2 aromatic rings. The molecule has 1 aromatic carbocycles. The maximum absolute atomic E-state index is 12.1. The van der Waals surface area contributed by atoms with E-state index in [2.05, 4.69) is 40.5 Å². The Morgan fingerprint density at radius 3 is 2.70 bits per heavy atom. The monoisotopic (exact) mass is 312 g/mol. The van der Waals surface area contributed by atoms with Crippen molar-refractivity contribution in [3.8, 4) is 0 Å². The van der Waals surface area contributed by atoms with E-state index in [1.165, 1.54) is 11.9 Å². The van der Waals surface area contributed by atoms with Crippen LogP contribution in [0.15, 0.2) is 30.6 Å². The molecule has 0 bridgehead atoms. The molecule has 0 aliphatic heterocycles. The molecule has 5 heteroatoms. The minimum atomic E-state index is -0.160. The molecule has 0 unspecified atom stereocenters. The fourth-order valence-electron chi connectivity index (χ4n) is 2.31. The zero-order valence-corrected chi connectivity index (χ0v) is 14.0. The van der Waals surface area contributed by atoms with Crippen LogP contribution in [0.25, 0.3) is 0 Å². The van der Waals surface area contributed by atoms with Gasteiger partial charge in [-0.3, -0.25) is 4.79 Å². The summed E-state index contributed by atoms with van der Waals surface area (Å²) in [5, 5.41) is 6.13. The van der Waals surface area contributed by atoms with E-state index in [-0.39, 0.29) is 5.91 Å². The molecule has 122 valence electrons. The Hall–Kier alpha value is -2.43. The number of carbonyl (C=O) groups excluding carboxylic acids is 1. The van der Waals surface area contributed by atoms with Gasteiger partial charge in [0.25, 0.3) is 5.91 Å². The van der Waals surface area contributed by atoms with Gasteiger partial charge in [-0.15, -0.1) is 0 Å². The smallest absolute Gasteiger partial charge is 0.270 e. The molecular weight excluding hydrogens is 288 g/mol. The first kappa shape index (κ1) is 16.9. The highest BCUT2D eigenvalue weighted by atomic mass is 16.1. The number of carbonyl (C=O) groups is 1. The molecule has 2 rings (SSSR count). The Balaban J connectivity index is 2.03. The number of amides is 1. The van der Waals surface area contributed by atoms with Crippen LogP contribution in [0.1, 0.15) is 47.8 Å². The third-order valence-electron chi connectivity index (χ3n) is 3.61. The van der Waals surface area contributed by atoms with Gasteiger partial charge in [-0.25, -0.2) is 9.97 Å². The number of anilines is 2. The summed E-state index contributed by atoms with van der Waals surface area (Å²) < 4.78 is 0. The molecule has 0 aliphatic rings. The van der Waals surface area contributed by atoms with Crippen LogP contribution in [-0.2, 0) is 0 Å². The molecule has 2 N–H and O–H groups in total. The predicted molar refractivity (Wildman–Crippen MR) is 93.1 cm³/mol. The third-order valence-corrected chi connectivity index (χ3v) is 3.61. The standard InChI is InChI=1S/C18H24N4O/c1-4-5-6-9-19-18(23)16-11-17(21-12-20-16)22-15-8-7-13(2)10-14(15)3/h7-8,10-12H,4-6,9H2,1-3H3,(H,19,23)(H,20,21,22). The number of hydrogen-bond donors (Lipinski definition) is 2. The molecule has 5 nitrogen and oxygen atoms in total. The summed E-state index contributed by atoms with van der Waals surface area (Å²) in [6.45, 7) is 6.91. The highest BCUT2D eigenvalue weighted by Crippen LogP contribution is 2.20. The molecule has 0 aliphatic carbocycles. The van der Waals surface area contributed by atoms with E-state index in [4.69, 9.17) is 0 Å². The highest BCUT2D eigenvalue weighted by Gasteiger charge is 2.09. The Morgan fingerprint density at radius 1 is 1.13 bits per heavy atom. The minimum Gasteiger partial charge on any atom is -0.351 e. The molecule has 0 saturated heterocycles. The summed E-state index contributed by atoms with van der Waals surface area (Å²) in [7, 11) is 0. The summed E-state index contributed by atoms with van der Waals surface area (Å²) in [6.07, 6.45) is 4.64. The Labute approximate surface area is 137 Å². The average Bonchev–Trinajstić information content (AvgIpc) is 2.54. The van der Waals surface area contributed by atoms with E-state index >= 15 is 0 Å². The second-order valence-corrected chi connectivity index (χ2v) is 5.69. The Morgan fingerprint density at radius 2 is 1.96 bits per heavy atom. The molecule has 1 aromatic heterocycles. The van der Waals surface area contributed by atoms with Crippen LogP contribution in [-0.4, -0.2) is 22.4 Å². The lowest BCUT2D eigenvalue weighted by molar-refractivity contribution is 0.0948. The number of unbranched alkanes of at least 4 members (excludes halogenated alkanes) is 2. The predicted octanol–water partition coefficient (Wildman–Crippen LogP) is 3.76. The van der Waals surface area contributed by atoms with Crippen molar-refractivity contribution >= 4 is 17.4 Å². The number of nitrogens with one attached hydrogen (secondary N) is 2. The molecule has 1 amide bonds. The van der Waals surface area contributed by atoms with Gasteiger partial charge in [0.15, 0.2) is 0 Å². The van der Waals surface area contributed by atoms with Crippen LogP contribution in [0.5, 0.6) is 0 Å². The SMILES string of the molecule is CCCCCNC(=O)c1cc(Nc2ccc(C)cc2C)ncn1. The number of aromatic nitrogens is 2. The van der Waals surface area contributed by atoms with Crippen LogP contribution in [0.2, 0.25) is 0 Å². The van der Waals surface area contributed by atoms with Gasteiger partial charge < -0.3 is 10.6 Å². The summed E-state index contributed by atoms with van der Waals surface area (Å²) in [4.78, 5) is 20.3. The number of aryl methyl sites for hydroxylation is 2. The maximum atomic E-state index is 12.1. The van der Waals surface area contributed by atoms with Gasteiger partial charge in [0.05, 0.1) is 0 Å². The van der Waals surface area contributed by atoms with Crippen molar-refractivity contribution in [1.29, 1.82) is 0 Å². The van der Waals surface area contributed by atoms with E-state index < -0.39 is 0 Å². The Kier molecular flexibility index (Phi) is 6.09. The van der Waals surface area contributed by atoms with Gasteiger partial charge in [0.1, 0.15) is 17.8 Å². The van der Waals surface area contributed by atoms with E-state index in [0.29, 0.717) is 18.1 Å². The number of rotatable bonds is 7. The average molecular weight is 312 g/mol. The minimum absolute atomic E-state index is 0.160. The van der Waals surface area contributed by atoms with Gasteiger partial charge in [-0.1, -0.05) is 37.5 Å². The number of benzene rings is 1. The Bertz CT molecular complexity index is 670. The van der Waals surface area contributed by atoms with Crippen LogP contribution < -0.4 is 10.6 Å². The van der Waals surface area contributed by atoms with Crippen molar-refractivity contribution in [3.63, 3.8) is 0 Å². The summed E-state index contributed by atoms with van der Waals surface area (Å²) in [5.41, 5.74) is 3.70. The largest absolute Gasteiger partial charge is 0.351 e. The van der Waals surface area contributed by atoms with Gasteiger partial charge in [-0.2, -0.15) is 0 Å². The van der Waals surface area contributed by atoms with Crippen molar-refractivity contribution in [2.24, 2.45) is 0 Å². The maximum Gasteiger partial charge on any atom is 0.270 e. The van der Waals surface area contributed by atoms with E-state index in [1.54, 1.807) is 6.07 Å². The first-order valence-corrected chi connectivity index (χ1v) is 8.04. The van der Waals surface area contributed by atoms with Crippen molar-refractivity contribution in [3.05, 3.63) is 47.4 Å². The number of hydrogen-bond acceptors (Lipinski definition) is 4. The zero-order valence-electron chi connectivity index (χ0n) is 14.0. The highest BCUT2D eigenvalue weighted by molar-refractivity contribution is 5.92. The fraction of sp³-hybridized carbons (Fsp3) is 0.389. The zero-order chi connectivity index (χ0) is 16.7. The molecule has 0 saturated carbocycles. The van der Waals surface area contributed by atoms with Crippen molar-refractivity contribution < 1.29 is 4.79 Å². The van der Waals surface area contributed by atoms with Crippen molar-refractivity contribution in [2.75, 3.05) is 11.9 Å². The van der Waals surface area contributed by atoms with E-state index in [9.17, 15) is 4.79 Å². The molecule has 0 fully saturated rings. The van der Waals surface area contributed by atoms with Gasteiger partial charge in [0.2, 0.25) is 0 Å².